The summed E-state index contributed by atoms with van der Waals surface area (Å²) in [7, 11) is 3.15. The lowest BCUT2D eigenvalue weighted by Gasteiger charge is -1.98. The zero-order chi connectivity index (χ0) is 15.7. The molecule has 0 aliphatic rings. The molecular formula is C15H17N5O2+2. The lowest BCUT2D eigenvalue weighted by molar-refractivity contribution is -0.718. The molecule has 0 saturated heterocycles. The van der Waals surface area contributed by atoms with E-state index < -0.39 is 5.69 Å². The maximum absolute atomic E-state index is 12.2. The van der Waals surface area contributed by atoms with Crippen molar-refractivity contribution in [2.24, 2.45) is 14.1 Å². The van der Waals surface area contributed by atoms with Gasteiger partial charge in [0.05, 0.1) is 6.42 Å². The van der Waals surface area contributed by atoms with Gasteiger partial charge in [-0.1, -0.05) is 30.3 Å². The zero-order valence-electron chi connectivity index (χ0n) is 12.5. The number of aromatic nitrogens is 5. The summed E-state index contributed by atoms with van der Waals surface area (Å²) in [6, 6.07) is 10.1. The van der Waals surface area contributed by atoms with Crippen LogP contribution in [0, 0.1) is 0 Å². The Hall–Kier alpha value is -2.83. The Morgan fingerprint density at radius 2 is 1.95 bits per heavy atom. The fraction of sp³-hybridized carbons (Fsp3) is 0.267. The molecule has 0 spiro atoms. The number of nitrogens with one attached hydrogen (secondary N) is 2. The molecule has 0 radical (unpaired) electrons. The van der Waals surface area contributed by atoms with Gasteiger partial charge in [0, 0.05) is 7.05 Å². The first-order valence-electron chi connectivity index (χ1n) is 7.01. The minimum absolute atomic E-state index is 0.350. The highest BCUT2D eigenvalue weighted by atomic mass is 16.2. The van der Waals surface area contributed by atoms with Crippen molar-refractivity contribution in [2.45, 2.75) is 12.8 Å². The van der Waals surface area contributed by atoms with Crippen molar-refractivity contribution in [2.75, 3.05) is 0 Å². The summed E-state index contributed by atoms with van der Waals surface area (Å²) < 4.78 is 2.56. The number of nitrogens with zero attached hydrogens (tertiary/aromatic N) is 3. The molecule has 2 heterocycles. The third kappa shape index (κ3) is 2.52. The number of aryl methyl sites for hydroxylation is 3. The highest BCUT2D eigenvalue weighted by molar-refractivity contribution is 5.59. The molecule has 0 saturated carbocycles. The predicted octanol–water partition coefficient (Wildman–Crippen LogP) is -0.954. The van der Waals surface area contributed by atoms with Crippen LogP contribution >= 0.6 is 0 Å². The van der Waals surface area contributed by atoms with E-state index in [0.29, 0.717) is 23.4 Å². The molecule has 0 fully saturated rings. The fourth-order valence-electron chi connectivity index (χ4n) is 2.38. The number of hydrogen-bond acceptors (Lipinski definition) is 3. The number of fused-ring (bicyclic) bond motifs is 1. The third-order valence-electron chi connectivity index (χ3n) is 3.64. The normalized spacial score (nSPS) is 11.0. The molecule has 7 heteroatoms. The fourth-order valence-corrected chi connectivity index (χ4v) is 2.38. The van der Waals surface area contributed by atoms with Gasteiger partial charge >= 0.3 is 22.7 Å². The van der Waals surface area contributed by atoms with E-state index in [4.69, 9.17) is 0 Å². The van der Waals surface area contributed by atoms with E-state index >= 15 is 0 Å². The van der Waals surface area contributed by atoms with Crippen LogP contribution < -0.4 is 20.9 Å². The topological polar surface area (TPSA) is 85.8 Å². The second-order valence-electron chi connectivity index (χ2n) is 5.20. The molecule has 0 bridgehead atoms. The van der Waals surface area contributed by atoms with Crippen molar-refractivity contribution in [3.63, 3.8) is 0 Å². The Kier molecular flexibility index (Phi) is 3.54. The van der Waals surface area contributed by atoms with Gasteiger partial charge in [0.1, 0.15) is 12.1 Å². The minimum Gasteiger partial charge on any atom is -0.264 e. The Bertz CT molecular complexity index is 944. The predicted molar refractivity (Wildman–Crippen MR) is 79.2 cm³/mol. The maximum Gasteiger partial charge on any atom is 0.416 e. The van der Waals surface area contributed by atoms with Crippen molar-refractivity contribution in [1.82, 2.24) is 14.6 Å². The first-order valence-corrected chi connectivity index (χ1v) is 7.01. The zero-order valence-corrected chi connectivity index (χ0v) is 12.5. The van der Waals surface area contributed by atoms with Crippen molar-refractivity contribution < 1.29 is 9.67 Å². The molecule has 3 aromatic rings. The molecule has 0 aliphatic carbocycles. The third-order valence-corrected chi connectivity index (χ3v) is 3.64. The smallest absolute Gasteiger partial charge is 0.264 e. The van der Waals surface area contributed by atoms with E-state index in [1.54, 1.807) is 7.05 Å². The number of rotatable bonds is 3. The van der Waals surface area contributed by atoms with Crippen molar-refractivity contribution in [3.8, 4) is 0 Å². The van der Waals surface area contributed by atoms with E-state index in [-0.39, 0.29) is 5.56 Å². The Balaban J connectivity index is 2.02. The second-order valence-corrected chi connectivity index (χ2v) is 5.20. The molecule has 2 aromatic heterocycles. The Morgan fingerprint density at radius 1 is 1.23 bits per heavy atom. The van der Waals surface area contributed by atoms with Crippen LogP contribution in [0.2, 0.25) is 0 Å². The van der Waals surface area contributed by atoms with Crippen LogP contribution in [0.5, 0.6) is 0 Å². The first-order chi connectivity index (χ1) is 10.6. The van der Waals surface area contributed by atoms with Gasteiger partial charge in [0.25, 0.3) is 5.52 Å². The average molecular weight is 299 g/mol. The molecular weight excluding hydrogens is 282 g/mol. The molecule has 0 aliphatic heterocycles. The van der Waals surface area contributed by atoms with Gasteiger partial charge in [-0.25, -0.2) is 14.3 Å². The average Bonchev–Trinajstić information content (AvgIpc) is 2.53. The van der Waals surface area contributed by atoms with Gasteiger partial charge in [-0.15, -0.1) is 0 Å². The lowest BCUT2D eigenvalue weighted by Crippen LogP contribution is -2.47. The highest BCUT2D eigenvalue weighted by Gasteiger charge is 2.22. The summed E-state index contributed by atoms with van der Waals surface area (Å²) in [4.78, 5) is 29.5. The van der Waals surface area contributed by atoms with Crippen LogP contribution in [0.4, 0.5) is 0 Å². The molecule has 112 valence electrons. The van der Waals surface area contributed by atoms with Crippen LogP contribution in [0.3, 0.4) is 0 Å². The van der Waals surface area contributed by atoms with E-state index in [1.807, 2.05) is 18.2 Å². The summed E-state index contributed by atoms with van der Waals surface area (Å²) in [6.45, 7) is 0. The highest BCUT2D eigenvalue weighted by Crippen LogP contribution is 2.02. The molecule has 0 amide bonds. The van der Waals surface area contributed by atoms with E-state index in [0.717, 1.165) is 11.0 Å². The number of H-pyrrole nitrogens is 2. The van der Waals surface area contributed by atoms with Crippen molar-refractivity contribution >= 4 is 11.2 Å². The van der Waals surface area contributed by atoms with Crippen LogP contribution in [0.15, 0.2) is 39.9 Å². The molecule has 0 unspecified atom stereocenters. The summed E-state index contributed by atoms with van der Waals surface area (Å²) in [5.41, 5.74) is 1.12. The minimum atomic E-state index is -0.458. The van der Waals surface area contributed by atoms with E-state index in [2.05, 4.69) is 27.2 Å². The maximum atomic E-state index is 12.2. The van der Waals surface area contributed by atoms with E-state index in [9.17, 15) is 9.59 Å². The van der Waals surface area contributed by atoms with Crippen LogP contribution in [0.25, 0.3) is 11.2 Å². The Morgan fingerprint density at radius 3 is 2.68 bits per heavy atom. The quantitative estimate of drug-likeness (QED) is 0.632. The first kappa shape index (κ1) is 14.1. The monoisotopic (exact) mass is 299 g/mol. The molecule has 3 rings (SSSR count). The van der Waals surface area contributed by atoms with Crippen LogP contribution in [-0.2, 0) is 26.9 Å². The number of hydrogen-bond donors (Lipinski definition) is 1. The molecule has 0 atom stereocenters. The van der Waals surface area contributed by atoms with Gasteiger partial charge in [0.15, 0.2) is 0 Å². The van der Waals surface area contributed by atoms with Gasteiger partial charge in [-0.3, -0.25) is 4.79 Å². The molecule has 2 N–H and O–H groups in total. The second kappa shape index (κ2) is 5.51. The summed E-state index contributed by atoms with van der Waals surface area (Å²) in [6.07, 6.45) is 1.50. The number of benzene rings is 1. The molecule has 7 nitrogen and oxygen atoms in total. The summed E-state index contributed by atoms with van der Waals surface area (Å²) >= 11 is 0. The molecule has 1 aromatic carbocycles. The number of aromatic amines is 2. The van der Waals surface area contributed by atoms with Crippen LogP contribution in [0.1, 0.15) is 11.4 Å². The summed E-state index contributed by atoms with van der Waals surface area (Å²) in [5, 5.41) is 4.37. The lowest BCUT2D eigenvalue weighted by atomic mass is 10.1. The van der Waals surface area contributed by atoms with Gasteiger partial charge in [-0.2, -0.15) is 4.98 Å². The summed E-state index contributed by atoms with van der Waals surface area (Å²) in [5.74, 6) is 0.697. The van der Waals surface area contributed by atoms with Crippen molar-refractivity contribution in [1.29, 1.82) is 0 Å². The van der Waals surface area contributed by atoms with Gasteiger partial charge in [-0.05, 0) is 16.7 Å². The standard InChI is InChI=1S/C15H15N5O2/c1-19-14(21)12-13(17-15(19)22)20(2)18-11(16-12)9-8-10-6-4-3-5-7-10/h3-7H,8-9H2,1-2H3/p+2. The SMILES string of the molecule is Cn1c(=O)[nH]c2c([nH+]c(CCc3ccccc3)n[n+]2C)c1=O. The van der Waals surface area contributed by atoms with E-state index in [1.165, 1.54) is 17.3 Å². The van der Waals surface area contributed by atoms with Gasteiger partial charge in [0.2, 0.25) is 0 Å². The molecule has 22 heavy (non-hydrogen) atoms. The van der Waals surface area contributed by atoms with Crippen molar-refractivity contribution in [3.05, 3.63) is 62.6 Å². The van der Waals surface area contributed by atoms with Gasteiger partial charge < -0.3 is 0 Å². The largest absolute Gasteiger partial charge is 0.416 e. The Labute approximate surface area is 125 Å². The van der Waals surface area contributed by atoms with Crippen LogP contribution in [-0.4, -0.2) is 14.6 Å².